The molecule has 0 bridgehead atoms. The van der Waals surface area contributed by atoms with Gasteiger partial charge in [0.05, 0.1) is 26.9 Å². The number of thiazole rings is 1. The number of nitro benzene ring substituents is 1. The molecule has 0 spiro atoms. The Morgan fingerprint density at radius 3 is 2.56 bits per heavy atom. The summed E-state index contributed by atoms with van der Waals surface area (Å²) in [5.41, 5.74) is 2.17. The number of fused-ring (bicyclic) bond motifs is 1. The second-order valence-corrected chi connectivity index (χ2v) is 7.46. The number of halogens is 3. The zero-order valence-electron chi connectivity index (χ0n) is 16.0. The number of rotatable bonds is 6. The van der Waals surface area contributed by atoms with Crippen molar-refractivity contribution in [1.82, 2.24) is 4.98 Å². The van der Waals surface area contributed by atoms with Gasteiger partial charge in [-0.2, -0.15) is 18.3 Å². The Labute approximate surface area is 182 Å². The molecule has 1 aromatic heterocycles. The molecule has 4 rings (SSSR count). The van der Waals surface area contributed by atoms with E-state index >= 15 is 0 Å². The van der Waals surface area contributed by atoms with Crippen molar-refractivity contribution in [3.05, 3.63) is 88.0 Å². The van der Waals surface area contributed by atoms with Gasteiger partial charge in [0.2, 0.25) is 10.9 Å². The fraction of sp³-hybridized carbons (Fsp3) is 0.0476. The van der Waals surface area contributed by atoms with E-state index in [4.69, 9.17) is 4.74 Å². The number of nitro groups is 1. The van der Waals surface area contributed by atoms with Crippen molar-refractivity contribution < 1.29 is 22.8 Å². The molecule has 1 heterocycles. The summed E-state index contributed by atoms with van der Waals surface area (Å²) in [5.74, 6) is -0.131. The Hall–Kier alpha value is -3.99. The summed E-state index contributed by atoms with van der Waals surface area (Å²) in [4.78, 5) is 14.8. The number of hydrogen-bond acceptors (Lipinski definition) is 7. The van der Waals surface area contributed by atoms with Crippen molar-refractivity contribution >= 4 is 38.6 Å². The van der Waals surface area contributed by atoms with Crippen LogP contribution in [0.1, 0.15) is 11.1 Å². The molecule has 0 atom stereocenters. The Morgan fingerprint density at radius 1 is 1.06 bits per heavy atom. The van der Waals surface area contributed by atoms with E-state index < -0.39 is 22.4 Å². The first-order valence-electron chi connectivity index (χ1n) is 9.08. The molecule has 0 fully saturated rings. The number of hydrogen-bond donors (Lipinski definition) is 1. The molecular formula is C21H13F3N4O3S. The van der Waals surface area contributed by atoms with E-state index in [1.165, 1.54) is 23.6 Å². The van der Waals surface area contributed by atoms with Gasteiger partial charge in [0.25, 0.3) is 0 Å². The summed E-state index contributed by atoms with van der Waals surface area (Å²) in [6, 6.07) is 16.2. The number of alkyl halides is 3. The van der Waals surface area contributed by atoms with Crippen LogP contribution < -0.4 is 10.2 Å². The van der Waals surface area contributed by atoms with E-state index in [9.17, 15) is 23.3 Å². The molecule has 3 aromatic carbocycles. The smallest absolute Gasteiger partial charge is 0.416 e. The molecule has 0 aliphatic carbocycles. The predicted molar refractivity (Wildman–Crippen MR) is 115 cm³/mol. The fourth-order valence-corrected chi connectivity index (χ4v) is 3.61. The van der Waals surface area contributed by atoms with Gasteiger partial charge in [-0.05, 0) is 36.4 Å². The molecule has 0 aliphatic heterocycles. The van der Waals surface area contributed by atoms with Crippen molar-refractivity contribution in [2.24, 2.45) is 5.10 Å². The molecule has 7 nitrogen and oxygen atoms in total. The third kappa shape index (κ3) is 4.67. The number of anilines is 1. The molecule has 0 saturated carbocycles. The van der Waals surface area contributed by atoms with Crippen molar-refractivity contribution in [3.8, 4) is 11.5 Å². The van der Waals surface area contributed by atoms with Gasteiger partial charge in [-0.1, -0.05) is 35.6 Å². The standard InChI is InChI=1S/C21H13F3N4O3S/c22-21(23,24)14-9-10-18(16(11-14)28(29)30)31-17-7-3-1-5-13(17)12-25-27-20-26-15-6-2-4-8-19(15)32-20/h1-12H,(H,26,27)/b25-12+. The summed E-state index contributed by atoms with van der Waals surface area (Å²) >= 11 is 1.41. The summed E-state index contributed by atoms with van der Waals surface area (Å²) < 4.78 is 45.3. The van der Waals surface area contributed by atoms with Gasteiger partial charge in [-0.3, -0.25) is 15.5 Å². The van der Waals surface area contributed by atoms with Crippen LogP contribution in [0.15, 0.2) is 71.8 Å². The average molecular weight is 458 g/mol. The van der Waals surface area contributed by atoms with Crippen molar-refractivity contribution in [2.75, 3.05) is 5.43 Å². The Balaban J connectivity index is 1.57. The number of benzene rings is 3. The number of hydrazone groups is 1. The minimum absolute atomic E-state index is 0.185. The van der Waals surface area contributed by atoms with E-state index in [1.54, 1.807) is 18.2 Å². The van der Waals surface area contributed by atoms with Crippen molar-refractivity contribution in [2.45, 2.75) is 6.18 Å². The van der Waals surface area contributed by atoms with Crippen LogP contribution in [0.3, 0.4) is 0 Å². The van der Waals surface area contributed by atoms with Crippen LogP contribution >= 0.6 is 11.3 Å². The van der Waals surface area contributed by atoms with Gasteiger partial charge >= 0.3 is 11.9 Å². The van der Waals surface area contributed by atoms with Gasteiger partial charge in [0.15, 0.2) is 0 Å². The molecule has 1 N–H and O–H groups in total. The molecular weight excluding hydrogens is 445 g/mol. The largest absolute Gasteiger partial charge is 0.449 e. The lowest BCUT2D eigenvalue weighted by atomic mass is 10.1. The molecule has 162 valence electrons. The van der Waals surface area contributed by atoms with E-state index in [2.05, 4.69) is 15.5 Å². The highest BCUT2D eigenvalue weighted by Crippen LogP contribution is 2.38. The second kappa shape index (κ2) is 8.63. The Kier molecular flexibility index (Phi) is 5.73. The molecule has 0 amide bonds. The SMILES string of the molecule is O=[N+]([O-])c1cc(C(F)(F)F)ccc1Oc1ccccc1/C=N/Nc1nc2ccccc2s1. The van der Waals surface area contributed by atoms with Gasteiger partial charge < -0.3 is 4.74 Å². The van der Waals surface area contributed by atoms with Gasteiger partial charge in [0, 0.05) is 11.6 Å². The summed E-state index contributed by atoms with van der Waals surface area (Å²) in [5, 5.41) is 16.0. The minimum atomic E-state index is -4.71. The third-order valence-electron chi connectivity index (χ3n) is 4.28. The fourth-order valence-electron chi connectivity index (χ4n) is 2.80. The minimum Gasteiger partial charge on any atom is -0.449 e. The Bertz CT molecular complexity index is 1290. The second-order valence-electron chi connectivity index (χ2n) is 6.43. The number of aromatic nitrogens is 1. The first-order valence-corrected chi connectivity index (χ1v) is 9.90. The highest BCUT2D eigenvalue weighted by Gasteiger charge is 2.33. The summed E-state index contributed by atoms with van der Waals surface area (Å²) in [6.45, 7) is 0. The molecule has 0 saturated heterocycles. The van der Waals surface area contributed by atoms with Crippen LogP contribution in [-0.2, 0) is 6.18 Å². The lowest BCUT2D eigenvalue weighted by Gasteiger charge is -2.11. The zero-order valence-corrected chi connectivity index (χ0v) is 16.9. The number of ether oxygens (including phenoxy) is 1. The molecule has 11 heteroatoms. The van der Waals surface area contributed by atoms with Crippen molar-refractivity contribution in [1.29, 1.82) is 0 Å². The Morgan fingerprint density at radius 2 is 1.81 bits per heavy atom. The predicted octanol–water partition coefficient (Wildman–Crippen LogP) is 6.46. The monoisotopic (exact) mass is 458 g/mol. The summed E-state index contributed by atoms with van der Waals surface area (Å²) in [7, 11) is 0. The molecule has 0 aliphatic rings. The van der Waals surface area contributed by atoms with Gasteiger partial charge in [-0.15, -0.1) is 0 Å². The van der Waals surface area contributed by atoms with Crippen LogP contribution in [0.2, 0.25) is 0 Å². The van der Waals surface area contributed by atoms with Crippen LogP contribution in [0, 0.1) is 10.1 Å². The normalized spacial score (nSPS) is 11.7. The van der Waals surface area contributed by atoms with E-state index in [0.29, 0.717) is 16.8 Å². The third-order valence-corrected chi connectivity index (χ3v) is 5.22. The van der Waals surface area contributed by atoms with Crippen LogP contribution in [0.4, 0.5) is 24.0 Å². The first-order chi connectivity index (χ1) is 15.3. The number of nitrogens with one attached hydrogen (secondary N) is 1. The number of para-hydroxylation sites is 2. The summed E-state index contributed by atoms with van der Waals surface area (Å²) in [6.07, 6.45) is -3.28. The number of nitrogens with zero attached hydrogens (tertiary/aromatic N) is 3. The average Bonchev–Trinajstić information content (AvgIpc) is 3.17. The molecule has 32 heavy (non-hydrogen) atoms. The highest BCUT2D eigenvalue weighted by atomic mass is 32.1. The van der Waals surface area contributed by atoms with Crippen LogP contribution in [-0.4, -0.2) is 16.1 Å². The molecule has 4 aromatic rings. The lowest BCUT2D eigenvalue weighted by Crippen LogP contribution is -2.06. The van der Waals surface area contributed by atoms with Crippen LogP contribution in [0.5, 0.6) is 11.5 Å². The quantitative estimate of drug-likeness (QED) is 0.203. The maximum absolute atomic E-state index is 12.9. The first kappa shape index (κ1) is 21.2. The topological polar surface area (TPSA) is 89.7 Å². The van der Waals surface area contributed by atoms with Crippen molar-refractivity contribution in [3.63, 3.8) is 0 Å². The maximum atomic E-state index is 12.9. The highest BCUT2D eigenvalue weighted by molar-refractivity contribution is 7.22. The van der Waals surface area contributed by atoms with E-state index in [1.807, 2.05) is 24.3 Å². The van der Waals surface area contributed by atoms with Gasteiger partial charge in [0.1, 0.15) is 5.75 Å². The van der Waals surface area contributed by atoms with Crippen LogP contribution in [0.25, 0.3) is 10.2 Å². The molecule has 0 unspecified atom stereocenters. The van der Waals surface area contributed by atoms with E-state index in [-0.39, 0.29) is 11.5 Å². The van der Waals surface area contributed by atoms with E-state index in [0.717, 1.165) is 22.3 Å². The molecule has 0 radical (unpaired) electrons. The lowest BCUT2D eigenvalue weighted by molar-refractivity contribution is -0.385. The zero-order chi connectivity index (χ0) is 22.7. The van der Waals surface area contributed by atoms with Gasteiger partial charge in [-0.25, -0.2) is 4.98 Å². The maximum Gasteiger partial charge on any atom is 0.416 e.